The molecule has 4 nitrogen and oxygen atoms in total. The first kappa shape index (κ1) is 9.89. The summed E-state index contributed by atoms with van der Waals surface area (Å²) in [5.41, 5.74) is 0.226. The average Bonchev–Trinajstić information content (AvgIpc) is 2.48. The summed E-state index contributed by atoms with van der Waals surface area (Å²) in [5, 5.41) is 7.53. The fourth-order valence-electron chi connectivity index (χ4n) is 1.05. The molecule has 72 valence electrons. The highest BCUT2D eigenvalue weighted by molar-refractivity contribution is 5.98. The SMILES string of the molecule is CCn1nncc1C(=O)C(C)(C)C. The van der Waals surface area contributed by atoms with Crippen LogP contribution in [0.2, 0.25) is 0 Å². The van der Waals surface area contributed by atoms with Crippen LogP contribution in [-0.2, 0) is 6.54 Å². The van der Waals surface area contributed by atoms with Gasteiger partial charge in [0.2, 0.25) is 0 Å². The summed E-state index contributed by atoms with van der Waals surface area (Å²) in [7, 11) is 0. The van der Waals surface area contributed by atoms with Gasteiger partial charge in [0, 0.05) is 12.0 Å². The normalized spacial score (nSPS) is 11.7. The van der Waals surface area contributed by atoms with Crippen molar-refractivity contribution < 1.29 is 4.79 Å². The second kappa shape index (κ2) is 3.28. The van der Waals surface area contributed by atoms with Crippen molar-refractivity contribution in [3.8, 4) is 0 Å². The van der Waals surface area contributed by atoms with E-state index in [0.29, 0.717) is 12.2 Å². The van der Waals surface area contributed by atoms with Crippen molar-refractivity contribution >= 4 is 5.78 Å². The van der Waals surface area contributed by atoms with E-state index in [2.05, 4.69) is 10.3 Å². The highest BCUT2D eigenvalue weighted by Crippen LogP contribution is 2.19. The van der Waals surface area contributed by atoms with Crippen LogP contribution in [0.25, 0.3) is 0 Å². The molecule has 0 atom stereocenters. The molecule has 0 aliphatic carbocycles. The van der Waals surface area contributed by atoms with Gasteiger partial charge in [-0.05, 0) is 6.92 Å². The minimum Gasteiger partial charge on any atom is -0.292 e. The largest absolute Gasteiger partial charge is 0.292 e. The predicted octanol–water partition coefficient (Wildman–Crippen LogP) is 1.53. The standard InChI is InChI=1S/C9H15N3O/c1-5-12-7(6-10-11-12)8(13)9(2,3)4/h6H,5H2,1-4H3. The number of hydrogen-bond donors (Lipinski definition) is 0. The lowest BCUT2D eigenvalue weighted by Crippen LogP contribution is -2.23. The quantitative estimate of drug-likeness (QED) is 0.650. The molecular formula is C9H15N3O. The van der Waals surface area contributed by atoms with Crippen LogP contribution in [0.4, 0.5) is 0 Å². The van der Waals surface area contributed by atoms with E-state index in [9.17, 15) is 4.79 Å². The maximum absolute atomic E-state index is 11.8. The van der Waals surface area contributed by atoms with Gasteiger partial charge in [0.15, 0.2) is 5.78 Å². The van der Waals surface area contributed by atoms with Crippen molar-refractivity contribution in [2.75, 3.05) is 0 Å². The molecule has 0 unspecified atom stereocenters. The van der Waals surface area contributed by atoms with Crippen molar-refractivity contribution in [2.24, 2.45) is 5.41 Å². The Bertz CT molecular complexity index is 309. The molecule has 4 heteroatoms. The first-order valence-electron chi connectivity index (χ1n) is 4.40. The van der Waals surface area contributed by atoms with E-state index < -0.39 is 0 Å². The van der Waals surface area contributed by atoms with E-state index in [1.165, 1.54) is 6.20 Å². The zero-order valence-corrected chi connectivity index (χ0v) is 8.53. The molecule has 0 aliphatic heterocycles. The van der Waals surface area contributed by atoms with Crippen molar-refractivity contribution in [1.82, 2.24) is 15.0 Å². The van der Waals surface area contributed by atoms with E-state index >= 15 is 0 Å². The molecule has 1 rings (SSSR count). The maximum Gasteiger partial charge on any atom is 0.187 e. The Morgan fingerprint density at radius 3 is 2.62 bits per heavy atom. The molecular weight excluding hydrogens is 166 g/mol. The Balaban J connectivity index is 3.02. The topological polar surface area (TPSA) is 47.8 Å². The van der Waals surface area contributed by atoms with E-state index in [0.717, 1.165) is 0 Å². The van der Waals surface area contributed by atoms with Gasteiger partial charge < -0.3 is 0 Å². The number of rotatable bonds is 2. The van der Waals surface area contributed by atoms with Gasteiger partial charge in [0.1, 0.15) is 5.69 Å². The third-order valence-corrected chi connectivity index (χ3v) is 1.83. The third kappa shape index (κ3) is 1.94. The lowest BCUT2D eigenvalue weighted by atomic mass is 9.89. The highest BCUT2D eigenvalue weighted by Gasteiger charge is 2.25. The molecule has 1 aromatic heterocycles. The molecule has 13 heavy (non-hydrogen) atoms. The first-order chi connectivity index (χ1) is 5.96. The predicted molar refractivity (Wildman–Crippen MR) is 49.5 cm³/mol. The van der Waals surface area contributed by atoms with Gasteiger partial charge in [-0.2, -0.15) is 0 Å². The summed E-state index contributed by atoms with van der Waals surface area (Å²) in [6.45, 7) is 8.29. The van der Waals surface area contributed by atoms with Gasteiger partial charge in [0.05, 0.1) is 6.20 Å². The molecule has 1 heterocycles. The molecule has 0 aromatic carbocycles. The summed E-state index contributed by atoms with van der Waals surface area (Å²) >= 11 is 0. The number of nitrogens with zero attached hydrogens (tertiary/aromatic N) is 3. The minimum atomic E-state index is -0.366. The van der Waals surface area contributed by atoms with Crippen LogP contribution in [0.5, 0.6) is 0 Å². The number of aromatic nitrogens is 3. The van der Waals surface area contributed by atoms with E-state index in [1.54, 1.807) is 4.68 Å². The molecule has 0 amide bonds. The van der Waals surface area contributed by atoms with E-state index in [4.69, 9.17) is 0 Å². The molecule has 0 bridgehead atoms. The number of Topliss-reactive ketones (excluding diaryl/α,β-unsaturated/α-hetero) is 1. The van der Waals surface area contributed by atoms with Crippen molar-refractivity contribution in [3.63, 3.8) is 0 Å². The summed E-state index contributed by atoms with van der Waals surface area (Å²) in [6, 6.07) is 0. The number of ketones is 1. The fourth-order valence-corrected chi connectivity index (χ4v) is 1.05. The maximum atomic E-state index is 11.8. The molecule has 0 spiro atoms. The highest BCUT2D eigenvalue weighted by atomic mass is 16.1. The summed E-state index contributed by atoms with van der Waals surface area (Å²) < 4.78 is 1.62. The first-order valence-corrected chi connectivity index (χ1v) is 4.40. The summed E-state index contributed by atoms with van der Waals surface area (Å²) in [5.74, 6) is 0.0827. The molecule has 0 saturated heterocycles. The lowest BCUT2D eigenvalue weighted by Gasteiger charge is -2.15. The second-order valence-corrected chi connectivity index (χ2v) is 4.01. The van der Waals surface area contributed by atoms with Crippen LogP contribution in [0.3, 0.4) is 0 Å². The molecule has 0 N–H and O–H groups in total. The van der Waals surface area contributed by atoms with E-state index in [1.807, 2.05) is 27.7 Å². The summed E-state index contributed by atoms with van der Waals surface area (Å²) in [6.07, 6.45) is 1.52. The molecule has 0 aliphatic rings. The Labute approximate surface area is 77.9 Å². The van der Waals surface area contributed by atoms with Gasteiger partial charge in [-0.1, -0.05) is 26.0 Å². The molecule has 1 aromatic rings. The smallest absolute Gasteiger partial charge is 0.187 e. The fraction of sp³-hybridized carbons (Fsp3) is 0.667. The van der Waals surface area contributed by atoms with Crippen LogP contribution < -0.4 is 0 Å². The number of carbonyl (C=O) groups is 1. The molecule has 0 saturated carbocycles. The van der Waals surface area contributed by atoms with Gasteiger partial charge in [-0.15, -0.1) is 5.10 Å². The molecule has 0 radical (unpaired) electrons. The summed E-state index contributed by atoms with van der Waals surface area (Å²) in [4.78, 5) is 11.8. The van der Waals surface area contributed by atoms with Gasteiger partial charge in [0.25, 0.3) is 0 Å². The second-order valence-electron chi connectivity index (χ2n) is 4.01. The zero-order chi connectivity index (χ0) is 10.1. The van der Waals surface area contributed by atoms with E-state index in [-0.39, 0.29) is 11.2 Å². The Hall–Kier alpha value is -1.19. The zero-order valence-electron chi connectivity index (χ0n) is 8.53. The molecule has 0 fully saturated rings. The van der Waals surface area contributed by atoms with Crippen LogP contribution in [0.1, 0.15) is 38.2 Å². The average molecular weight is 181 g/mol. The monoisotopic (exact) mass is 181 g/mol. The third-order valence-electron chi connectivity index (χ3n) is 1.83. The van der Waals surface area contributed by atoms with Crippen LogP contribution in [0.15, 0.2) is 6.20 Å². The Morgan fingerprint density at radius 2 is 2.15 bits per heavy atom. The van der Waals surface area contributed by atoms with Crippen LogP contribution in [-0.4, -0.2) is 20.8 Å². The van der Waals surface area contributed by atoms with Crippen LogP contribution in [0, 0.1) is 5.41 Å². The Morgan fingerprint density at radius 1 is 1.54 bits per heavy atom. The minimum absolute atomic E-state index is 0.0827. The van der Waals surface area contributed by atoms with Gasteiger partial charge in [-0.3, -0.25) is 4.79 Å². The Kier molecular flexibility index (Phi) is 2.50. The van der Waals surface area contributed by atoms with Gasteiger partial charge >= 0.3 is 0 Å². The van der Waals surface area contributed by atoms with Crippen molar-refractivity contribution in [1.29, 1.82) is 0 Å². The van der Waals surface area contributed by atoms with Crippen molar-refractivity contribution in [3.05, 3.63) is 11.9 Å². The van der Waals surface area contributed by atoms with Crippen LogP contribution >= 0.6 is 0 Å². The van der Waals surface area contributed by atoms with Crippen molar-refractivity contribution in [2.45, 2.75) is 34.2 Å². The van der Waals surface area contributed by atoms with Gasteiger partial charge in [-0.25, -0.2) is 4.68 Å². The number of hydrogen-bond acceptors (Lipinski definition) is 3. The lowest BCUT2D eigenvalue weighted by molar-refractivity contribution is 0.0846. The number of carbonyl (C=O) groups excluding carboxylic acids is 1. The number of aryl methyl sites for hydroxylation is 1.